The number of carboxylic acid groups (broad SMARTS) is 1. The second kappa shape index (κ2) is 10.2. The summed E-state index contributed by atoms with van der Waals surface area (Å²) in [7, 11) is 0. The zero-order valence-corrected chi connectivity index (χ0v) is 22.2. The van der Waals surface area contributed by atoms with Gasteiger partial charge in [-0.1, -0.05) is 6.07 Å². The van der Waals surface area contributed by atoms with Crippen LogP contribution in [0.25, 0.3) is 22.5 Å². The molecule has 2 aromatic heterocycles. The van der Waals surface area contributed by atoms with Crippen molar-refractivity contribution in [1.82, 2.24) is 25.2 Å². The highest BCUT2D eigenvalue weighted by Crippen LogP contribution is 2.46. The van der Waals surface area contributed by atoms with Gasteiger partial charge in [-0.3, -0.25) is 9.78 Å². The Morgan fingerprint density at radius 1 is 1.13 bits per heavy atom. The first kappa shape index (κ1) is 26.4. The molecule has 2 atom stereocenters. The fraction of sp³-hybridized carbons (Fsp3) is 0.345. The van der Waals surface area contributed by atoms with Crippen molar-refractivity contribution in [3.8, 4) is 28.3 Å². The molecule has 4 aromatic rings. The number of hydrogen-bond donors (Lipinski definition) is 2. The largest absolute Gasteiger partial charge is 0.487 e. The second-order valence-electron chi connectivity index (χ2n) is 10.7. The number of tetrazole rings is 1. The normalized spacial score (nSPS) is 16.8. The Kier molecular flexibility index (Phi) is 6.90. The van der Waals surface area contributed by atoms with Gasteiger partial charge in [0.15, 0.2) is 0 Å². The molecule has 9 nitrogen and oxygen atoms in total. The van der Waals surface area contributed by atoms with E-state index in [0.29, 0.717) is 23.6 Å². The summed E-state index contributed by atoms with van der Waals surface area (Å²) in [6.07, 6.45) is 2.15. The molecular formula is C29H30FN5O4. The maximum absolute atomic E-state index is 14.7. The summed E-state index contributed by atoms with van der Waals surface area (Å²) in [5.74, 6) is -0.651. The fourth-order valence-corrected chi connectivity index (χ4v) is 4.81. The molecule has 5 rings (SSSR count). The van der Waals surface area contributed by atoms with Crippen molar-refractivity contribution < 1.29 is 24.1 Å². The minimum absolute atomic E-state index is 0.0201. The molecule has 39 heavy (non-hydrogen) atoms. The number of nitrogens with zero attached hydrogens (tertiary/aromatic N) is 5. The molecular weight excluding hydrogens is 501 g/mol. The van der Waals surface area contributed by atoms with Gasteiger partial charge in [-0.25, -0.2) is 4.39 Å². The van der Waals surface area contributed by atoms with Crippen molar-refractivity contribution in [3.05, 3.63) is 76.9 Å². The number of aromatic nitrogens is 5. The molecule has 0 saturated heterocycles. The van der Waals surface area contributed by atoms with Crippen LogP contribution < -0.4 is 4.74 Å². The lowest BCUT2D eigenvalue weighted by Gasteiger charge is -2.15. The van der Waals surface area contributed by atoms with Gasteiger partial charge >= 0.3 is 5.97 Å². The Hall–Kier alpha value is -4.18. The van der Waals surface area contributed by atoms with E-state index in [1.165, 1.54) is 10.9 Å². The zero-order valence-electron chi connectivity index (χ0n) is 22.2. The maximum atomic E-state index is 14.7. The number of halogens is 1. The van der Waals surface area contributed by atoms with Gasteiger partial charge in [-0.05, 0) is 98.0 Å². The molecule has 2 aromatic carbocycles. The summed E-state index contributed by atoms with van der Waals surface area (Å²) in [4.78, 5) is 16.8. The number of benzene rings is 2. The molecule has 10 heteroatoms. The quantitative estimate of drug-likeness (QED) is 0.319. The van der Waals surface area contributed by atoms with E-state index in [1.54, 1.807) is 44.3 Å². The smallest absolute Gasteiger partial charge is 0.307 e. The van der Waals surface area contributed by atoms with Gasteiger partial charge in [0.2, 0.25) is 5.82 Å². The third-order valence-corrected chi connectivity index (χ3v) is 6.75. The lowest BCUT2D eigenvalue weighted by Crippen LogP contribution is -2.27. The predicted octanol–water partition coefficient (Wildman–Crippen LogP) is 4.70. The molecule has 2 heterocycles. The molecule has 1 aliphatic rings. The topological polar surface area (TPSA) is 123 Å². The van der Waals surface area contributed by atoms with Crippen molar-refractivity contribution in [2.45, 2.75) is 58.8 Å². The first-order valence-electron chi connectivity index (χ1n) is 12.7. The second-order valence-corrected chi connectivity index (χ2v) is 10.7. The predicted molar refractivity (Wildman–Crippen MR) is 141 cm³/mol. The molecule has 0 unspecified atom stereocenters. The highest BCUT2D eigenvalue weighted by Gasteiger charge is 2.45. The van der Waals surface area contributed by atoms with Crippen molar-refractivity contribution in [3.63, 3.8) is 0 Å². The standard InChI is InChI=1S/C29H30FN5O4/c1-16-9-19(27-32-34-35(33-27)15-29(3,4)38)10-17(2)26(16)18-5-7-24(30)20(11-18)14-39-21-6-8-25(31-13-21)22-12-23(22)28(36)37/h5-11,13,22-23,38H,12,14-15H2,1-4H3,(H,36,37)/t22-,23-/m1/s1. The molecule has 1 fully saturated rings. The Morgan fingerprint density at radius 3 is 2.49 bits per heavy atom. The third-order valence-electron chi connectivity index (χ3n) is 6.75. The molecule has 202 valence electrons. The highest BCUT2D eigenvalue weighted by atomic mass is 19.1. The molecule has 0 aliphatic heterocycles. The minimum atomic E-state index is -0.958. The van der Waals surface area contributed by atoms with Crippen LogP contribution in [0.2, 0.25) is 0 Å². The van der Waals surface area contributed by atoms with E-state index in [4.69, 9.17) is 9.84 Å². The Labute approximate surface area is 225 Å². The van der Waals surface area contributed by atoms with Crippen LogP contribution in [0.5, 0.6) is 5.75 Å². The van der Waals surface area contributed by atoms with Gasteiger partial charge < -0.3 is 14.9 Å². The van der Waals surface area contributed by atoms with Crippen LogP contribution in [-0.4, -0.2) is 47.0 Å². The minimum Gasteiger partial charge on any atom is -0.487 e. The van der Waals surface area contributed by atoms with E-state index in [2.05, 4.69) is 20.4 Å². The number of carboxylic acids is 1. The molecule has 0 spiro atoms. The van der Waals surface area contributed by atoms with Gasteiger partial charge in [0, 0.05) is 22.7 Å². The van der Waals surface area contributed by atoms with Crippen molar-refractivity contribution >= 4 is 5.97 Å². The van der Waals surface area contributed by atoms with Crippen LogP contribution in [0.15, 0.2) is 48.7 Å². The zero-order chi connectivity index (χ0) is 27.9. The number of aliphatic hydroxyl groups is 1. The van der Waals surface area contributed by atoms with E-state index in [0.717, 1.165) is 33.5 Å². The lowest BCUT2D eigenvalue weighted by atomic mass is 9.92. The van der Waals surface area contributed by atoms with Crippen LogP contribution >= 0.6 is 0 Å². The Balaban J connectivity index is 1.32. The molecule has 2 N–H and O–H groups in total. The van der Waals surface area contributed by atoms with Gasteiger partial charge in [-0.2, -0.15) is 4.80 Å². The van der Waals surface area contributed by atoms with E-state index in [1.807, 2.05) is 26.0 Å². The van der Waals surface area contributed by atoms with E-state index in [-0.39, 0.29) is 30.8 Å². The Bertz CT molecular complexity index is 1500. The molecule has 0 radical (unpaired) electrons. The van der Waals surface area contributed by atoms with Crippen LogP contribution in [0, 0.1) is 25.6 Å². The first-order chi connectivity index (χ1) is 18.5. The molecule has 1 saturated carbocycles. The van der Waals surface area contributed by atoms with Gasteiger partial charge in [-0.15, -0.1) is 10.2 Å². The summed E-state index contributed by atoms with van der Waals surface area (Å²) >= 11 is 0. The number of ether oxygens (including phenoxy) is 1. The Morgan fingerprint density at radius 2 is 1.87 bits per heavy atom. The van der Waals surface area contributed by atoms with Gasteiger partial charge in [0.05, 0.1) is 24.3 Å². The number of aliphatic carboxylic acids is 1. The summed E-state index contributed by atoms with van der Waals surface area (Å²) in [5, 5.41) is 31.7. The average Bonchev–Trinajstić information content (AvgIpc) is 3.55. The maximum Gasteiger partial charge on any atom is 0.307 e. The van der Waals surface area contributed by atoms with E-state index < -0.39 is 11.6 Å². The summed E-state index contributed by atoms with van der Waals surface area (Å²) in [5.41, 5.74) is 4.77. The third kappa shape index (κ3) is 5.96. The van der Waals surface area contributed by atoms with E-state index in [9.17, 15) is 14.3 Å². The highest BCUT2D eigenvalue weighted by molar-refractivity contribution is 5.76. The van der Waals surface area contributed by atoms with Crippen molar-refractivity contribution in [2.75, 3.05) is 0 Å². The molecule has 0 amide bonds. The number of hydrogen-bond acceptors (Lipinski definition) is 7. The number of aryl methyl sites for hydroxylation is 2. The number of pyridine rings is 1. The summed E-state index contributed by atoms with van der Waals surface area (Å²) < 4.78 is 20.5. The molecule has 0 bridgehead atoms. The van der Waals surface area contributed by atoms with Crippen molar-refractivity contribution in [2.24, 2.45) is 5.92 Å². The van der Waals surface area contributed by atoms with Crippen LogP contribution in [0.4, 0.5) is 4.39 Å². The SMILES string of the molecule is Cc1cc(-c2nnn(CC(C)(C)O)n2)cc(C)c1-c1ccc(F)c(COc2ccc([C@@H]3C[C@H]3C(=O)O)nc2)c1. The molecule has 1 aliphatic carbocycles. The van der Waals surface area contributed by atoms with Crippen LogP contribution in [-0.2, 0) is 17.9 Å². The van der Waals surface area contributed by atoms with Crippen molar-refractivity contribution in [1.29, 1.82) is 0 Å². The summed E-state index contributed by atoms with van der Waals surface area (Å²) in [6, 6.07) is 12.4. The fourth-order valence-electron chi connectivity index (χ4n) is 4.81. The number of rotatable bonds is 9. The lowest BCUT2D eigenvalue weighted by molar-refractivity contribution is -0.138. The van der Waals surface area contributed by atoms with Gasteiger partial charge in [0.25, 0.3) is 0 Å². The average molecular weight is 532 g/mol. The monoisotopic (exact) mass is 531 g/mol. The first-order valence-corrected chi connectivity index (χ1v) is 12.7. The number of carbonyl (C=O) groups is 1. The van der Waals surface area contributed by atoms with Crippen LogP contribution in [0.3, 0.4) is 0 Å². The van der Waals surface area contributed by atoms with Gasteiger partial charge in [0.1, 0.15) is 18.2 Å². The van der Waals surface area contributed by atoms with E-state index >= 15 is 0 Å². The summed E-state index contributed by atoms with van der Waals surface area (Å²) in [6.45, 7) is 7.57. The van der Waals surface area contributed by atoms with Crippen LogP contribution in [0.1, 0.15) is 48.6 Å².